The molecular weight excluding hydrogens is 1240 g/mol. The van der Waals surface area contributed by atoms with Crippen molar-refractivity contribution in [2.75, 3.05) is 35.8 Å². The van der Waals surface area contributed by atoms with Gasteiger partial charge in [0.25, 0.3) is 17.7 Å². The maximum atomic E-state index is 13.5. The number of amides is 3. The number of anilines is 3. The van der Waals surface area contributed by atoms with Crippen molar-refractivity contribution in [1.29, 1.82) is 0 Å². The molecule has 0 saturated heterocycles. The summed E-state index contributed by atoms with van der Waals surface area (Å²) >= 11 is 0. The molecule has 18 nitrogen and oxygen atoms in total. The van der Waals surface area contributed by atoms with Gasteiger partial charge >= 0.3 is 18.5 Å². The maximum Gasteiger partial charge on any atom is 0.430 e. The number of carbonyl (C=O) groups is 6. The zero-order valence-electron chi connectivity index (χ0n) is 49.3. The number of hydrogen-bond donors (Lipinski definition) is 6. The van der Waals surface area contributed by atoms with E-state index in [0.29, 0.717) is 56.1 Å². The summed E-state index contributed by atoms with van der Waals surface area (Å²) in [6, 6.07) is 50.6. The second-order valence-corrected chi connectivity index (χ2v) is 19.8. The Kier molecular flexibility index (Phi) is 28.6. The first-order valence-corrected chi connectivity index (χ1v) is 27.5. The van der Waals surface area contributed by atoms with Gasteiger partial charge in [-0.25, -0.2) is 0 Å². The van der Waals surface area contributed by atoms with E-state index in [2.05, 4.69) is 71.1 Å². The van der Waals surface area contributed by atoms with Crippen molar-refractivity contribution < 1.29 is 115 Å². The number of quaternary nitrogens is 3. The highest BCUT2D eigenvalue weighted by Crippen LogP contribution is 2.36. The molecule has 0 bridgehead atoms. The molecule has 7 aromatic rings. The van der Waals surface area contributed by atoms with E-state index in [4.69, 9.17) is 43.9 Å². The molecule has 27 heteroatoms. The van der Waals surface area contributed by atoms with Crippen LogP contribution in [-0.2, 0) is 48.0 Å². The lowest BCUT2D eigenvalue weighted by Crippen LogP contribution is -2.67. The Morgan fingerprint density at radius 3 is 0.785 bits per heavy atom. The highest BCUT2D eigenvalue weighted by Gasteiger charge is 2.30. The number of benzene rings is 7. The highest BCUT2D eigenvalue weighted by atomic mass is 19.4. The summed E-state index contributed by atoms with van der Waals surface area (Å²) < 4.78 is 111. The quantitative estimate of drug-likeness (QED) is 0.0316. The number of carboxylic acid groups (broad SMARTS) is 3. The fraction of sp³-hybridized carbons (Fsp3) is 0.182. The van der Waals surface area contributed by atoms with Crippen molar-refractivity contribution >= 4 is 52.7 Å². The second-order valence-electron chi connectivity index (χ2n) is 19.8. The third kappa shape index (κ3) is 26.3. The van der Waals surface area contributed by atoms with Gasteiger partial charge in [-0.1, -0.05) is 111 Å². The summed E-state index contributed by atoms with van der Waals surface area (Å²) in [4.78, 5) is 66.9. The van der Waals surface area contributed by atoms with Gasteiger partial charge in [-0.3, -0.25) is 14.4 Å². The predicted molar refractivity (Wildman–Crippen MR) is 319 cm³/mol. The Bertz CT molecular complexity index is 3290. The summed E-state index contributed by atoms with van der Waals surface area (Å²) in [5, 5.41) is 35.6. The van der Waals surface area contributed by atoms with E-state index >= 15 is 0 Å². The Morgan fingerprint density at radius 2 is 0.591 bits per heavy atom. The van der Waals surface area contributed by atoms with Crippen LogP contribution >= 0.6 is 0 Å². The molecule has 0 aliphatic carbocycles. The Balaban J connectivity index is 0.000000753. The van der Waals surface area contributed by atoms with Gasteiger partial charge in [-0.05, 0) is 141 Å². The van der Waals surface area contributed by atoms with Gasteiger partial charge in [-0.2, -0.15) is 39.5 Å². The molecule has 0 spiro atoms. The van der Waals surface area contributed by atoms with Gasteiger partial charge in [0.2, 0.25) is 0 Å². The van der Waals surface area contributed by atoms with Crippen LogP contribution in [0.15, 0.2) is 202 Å². The second kappa shape index (κ2) is 35.6. The highest BCUT2D eigenvalue weighted by molar-refractivity contribution is 5.97. The van der Waals surface area contributed by atoms with Gasteiger partial charge in [0, 0.05) is 36.3 Å². The van der Waals surface area contributed by atoms with Gasteiger partial charge in [0.1, 0.15) is 55.0 Å². The van der Waals surface area contributed by atoms with E-state index in [1.54, 1.807) is 18.2 Å². The number of nitrogens with one attached hydrogen (secondary N) is 3. The normalized spacial score (nSPS) is 11.9. The lowest BCUT2D eigenvalue weighted by Gasteiger charge is -2.15. The average Bonchev–Trinajstić information content (AvgIpc) is 0.831. The van der Waals surface area contributed by atoms with Crippen molar-refractivity contribution in [3.05, 3.63) is 218 Å². The van der Waals surface area contributed by atoms with Crippen LogP contribution < -0.4 is 62.7 Å². The summed E-state index contributed by atoms with van der Waals surface area (Å²) in [5.41, 5.74) is 22.5. The first-order chi connectivity index (χ1) is 43.8. The topological polar surface area (TPSA) is 318 Å². The minimum atomic E-state index is -5.19. The van der Waals surface area contributed by atoms with Crippen molar-refractivity contribution in [2.45, 2.75) is 55.9 Å². The Hall–Kier alpha value is -10.8. The molecule has 492 valence electrons. The number of ether oxygens (including phenoxy) is 3. The van der Waals surface area contributed by atoms with E-state index in [9.17, 15) is 53.9 Å². The SMILES string of the molecule is C=CCOc1ccc(C[C@H]([NH3+])C(=O)Nc2cccc(-c3cc(-c4cccc(NC(=O)[C@@H]([NH3+])Cc5ccc(OCC=C)cc5)c4)cc(-c4cccc(NC(=O)[C@@H]([NH3+])Cc5ccc(OCC=C)cc5)c4)c3)c2)cc1.O=C([O-])C(F)(F)F.O=C([O-])C(F)(F)F.O=C([O-])C(F)(F)F. The molecule has 0 aliphatic heterocycles. The first kappa shape index (κ1) is 74.7. The molecule has 3 atom stereocenters. The van der Waals surface area contributed by atoms with Crippen LogP contribution in [0.3, 0.4) is 0 Å². The lowest BCUT2D eigenvalue weighted by molar-refractivity contribution is -0.402. The number of rotatable bonds is 24. The molecule has 0 fully saturated rings. The maximum absolute atomic E-state index is 13.5. The van der Waals surface area contributed by atoms with E-state index in [0.717, 1.165) is 67.3 Å². The van der Waals surface area contributed by atoms with Crippen LogP contribution in [0.4, 0.5) is 56.6 Å². The molecule has 0 saturated carbocycles. The zero-order valence-corrected chi connectivity index (χ0v) is 49.3. The van der Waals surface area contributed by atoms with Crippen molar-refractivity contribution in [3.63, 3.8) is 0 Å². The van der Waals surface area contributed by atoms with E-state index < -0.39 is 54.6 Å². The van der Waals surface area contributed by atoms with Crippen molar-refractivity contribution in [2.24, 2.45) is 0 Å². The summed E-state index contributed by atoms with van der Waals surface area (Å²) in [6.45, 7) is 12.3. The summed E-state index contributed by atoms with van der Waals surface area (Å²) in [6.07, 6.45) is -9.17. The zero-order chi connectivity index (χ0) is 69.1. The molecule has 7 aromatic carbocycles. The minimum Gasteiger partial charge on any atom is -0.542 e. The van der Waals surface area contributed by atoms with Gasteiger partial charge < -0.3 is 77.1 Å². The molecule has 0 aliphatic rings. The van der Waals surface area contributed by atoms with Crippen LogP contribution in [0.1, 0.15) is 16.7 Å². The molecule has 7 rings (SSSR count). The van der Waals surface area contributed by atoms with Gasteiger partial charge in [-0.15, -0.1) is 0 Å². The smallest absolute Gasteiger partial charge is 0.430 e. The minimum absolute atomic E-state index is 0.209. The molecule has 0 aromatic heterocycles. The standard InChI is InChI=1S/C60H60N6O6.3C2HF3O2/c1-4-28-70-52-22-16-40(17-23-52)31-55(61)58(67)64-49-13-7-10-43(37-49)46-34-47(44-11-8-14-50(38-44)65-59(68)56(62)32-41-18-24-53(25-19-41)71-29-5-2)36-48(35-46)45-12-9-15-51(39-45)66-60(69)57(63)33-42-20-26-54(27-21-42)72-30-6-3;3*3-2(4,5)1(6)7/h4-27,34-39,55-57H,1-3,28-33,61-63H2,(H,64,67)(H,65,68)(H,66,69);3*(H,6,7)/t55-,56-,57-;;;/m0.../s1. The number of hydrogen-bond acceptors (Lipinski definition) is 12. The fourth-order valence-corrected chi connectivity index (χ4v) is 7.95. The number of alkyl halides is 9. The predicted octanol–water partition coefficient (Wildman–Crippen LogP) is 5.65. The molecule has 0 unspecified atom stereocenters. The third-order valence-electron chi connectivity index (χ3n) is 12.4. The molecule has 3 amide bonds. The lowest BCUT2D eigenvalue weighted by atomic mass is 9.93. The van der Waals surface area contributed by atoms with E-state index in [-0.39, 0.29) is 17.7 Å². The monoisotopic (exact) mass is 1300 g/mol. The summed E-state index contributed by atoms with van der Waals surface area (Å²) in [5.74, 6) is -7.46. The molecule has 0 heterocycles. The van der Waals surface area contributed by atoms with E-state index in [1.165, 1.54) is 0 Å². The average molecular weight is 1300 g/mol. The van der Waals surface area contributed by atoms with Crippen molar-refractivity contribution in [1.82, 2.24) is 0 Å². The number of halogens is 9. The Labute approximate surface area is 526 Å². The van der Waals surface area contributed by atoms with Gasteiger partial charge in [0.15, 0.2) is 18.1 Å². The first-order valence-electron chi connectivity index (χ1n) is 27.5. The number of aliphatic carboxylic acids is 3. The summed E-state index contributed by atoms with van der Waals surface area (Å²) in [7, 11) is 0. The van der Waals surface area contributed by atoms with Gasteiger partial charge in [0.05, 0.1) is 0 Å². The largest absolute Gasteiger partial charge is 0.542 e. The molecular formula is C66H63F9N6O12. The van der Waals surface area contributed by atoms with E-state index in [1.807, 2.05) is 146 Å². The van der Waals surface area contributed by atoms with Crippen LogP contribution in [0, 0.1) is 0 Å². The van der Waals surface area contributed by atoms with Crippen LogP contribution in [0.25, 0.3) is 33.4 Å². The number of carboxylic acids is 3. The van der Waals surface area contributed by atoms with Crippen LogP contribution in [0.2, 0.25) is 0 Å². The van der Waals surface area contributed by atoms with Crippen LogP contribution in [-0.4, -0.2) is 92.1 Å². The third-order valence-corrected chi connectivity index (χ3v) is 12.4. The molecule has 12 N–H and O–H groups in total. The van der Waals surface area contributed by atoms with Crippen LogP contribution in [0.5, 0.6) is 17.2 Å². The van der Waals surface area contributed by atoms with Crippen molar-refractivity contribution in [3.8, 4) is 50.6 Å². The molecule has 93 heavy (non-hydrogen) atoms. The molecule has 0 radical (unpaired) electrons. The Morgan fingerprint density at radius 1 is 0.376 bits per heavy atom. The fourth-order valence-electron chi connectivity index (χ4n) is 7.95. The number of carbonyl (C=O) groups excluding carboxylic acids is 6.